The molecule has 25 heavy (non-hydrogen) atoms. The largest absolute Gasteiger partial charge is 0.342 e. The molecule has 0 N–H and O–H groups in total. The molecule has 1 saturated carbocycles. The molecule has 1 unspecified atom stereocenters. The lowest BCUT2D eigenvalue weighted by molar-refractivity contribution is -0.139. The van der Waals surface area contributed by atoms with Crippen molar-refractivity contribution in [3.05, 3.63) is 29.9 Å². The first-order valence-electron chi connectivity index (χ1n) is 9.28. The molecule has 3 heterocycles. The van der Waals surface area contributed by atoms with Gasteiger partial charge in [0.15, 0.2) is 5.82 Å². The summed E-state index contributed by atoms with van der Waals surface area (Å²) in [4.78, 5) is 18.9. The number of imidazole rings is 1. The zero-order valence-corrected chi connectivity index (χ0v) is 15.1. The smallest absolute Gasteiger partial charge is 0.225 e. The Morgan fingerprint density at radius 2 is 2.08 bits per heavy atom. The molecule has 0 radical (unpaired) electrons. The summed E-state index contributed by atoms with van der Waals surface area (Å²) < 4.78 is 4.17. The summed E-state index contributed by atoms with van der Waals surface area (Å²) in [5.74, 6) is 3.82. The molecule has 1 saturated heterocycles. The highest BCUT2D eigenvalue weighted by Crippen LogP contribution is 2.32. The predicted molar refractivity (Wildman–Crippen MR) is 93.0 cm³/mol. The molecule has 0 aromatic carbocycles. The average molecular weight is 342 g/mol. The summed E-state index contributed by atoms with van der Waals surface area (Å²) in [5, 5.41) is 8.86. The number of piperidine rings is 1. The Morgan fingerprint density at radius 3 is 2.76 bits per heavy atom. The SMILES string of the molecule is Cc1nccn1Cc1nnc(C2CCCN(C(=O)C3CCC3)C2)n1C. The molecule has 2 aromatic rings. The maximum absolute atomic E-state index is 12.6. The van der Waals surface area contributed by atoms with Crippen molar-refractivity contribution >= 4 is 5.91 Å². The second kappa shape index (κ2) is 6.61. The second-order valence-corrected chi connectivity index (χ2v) is 7.39. The number of nitrogens with zero attached hydrogens (tertiary/aromatic N) is 6. The summed E-state index contributed by atoms with van der Waals surface area (Å²) in [6.45, 7) is 4.34. The van der Waals surface area contributed by atoms with Gasteiger partial charge in [-0.05, 0) is 32.6 Å². The lowest BCUT2D eigenvalue weighted by Crippen LogP contribution is -2.44. The minimum absolute atomic E-state index is 0.276. The molecular formula is C18H26N6O. The number of carbonyl (C=O) groups excluding carboxylic acids is 1. The first kappa shape index (κ1) is 16.3. The number of aromatic nitrogens is 5. The van der Waals surface area contributed by atoms with Crippen molar-refractivity contribution in [1.82, 2.24) is 29.2 Å². The van der Waals surface area contributed by atoms with Gasteiger partial charge in [-0.2, -0.15) is 0 Å². The zero-order valence-electron chi connectivity index (χ0n) is 15.1. The topological polar surface area (TPSA) is 68.8 Å². The van der Waals surface area contributed by atoms with Crippen LogP contribution in [0.2, 0.25) is 0 Å². The highest BCUT2D eigenvalue weighted by Gasteiger charge is 2.33. The monoisotopic (exact) mass is 342 g/mol. The fourth-order valence-corrected chi connectivity index (χ4v) is 3.89. The van der Waals surface area contributed by atoms with Crippen LogP contribution in [0.4, 0.5) is 0 Å². The number of hydrogen-bond donors (Lipinski definition) is 0. The van der Waals surface area contributed by atoms with Gasteiger partial charge < -0.3 is 14.0 Å². The van der Waals surface area contributed by atoms with E-state index in [1.165, 1.54) is 6.42 Å². The molecule has 0 spiro atoms. The van der Waals surface area contributed by atoms with Crippen molar-refractivity contribution in [3.63, 3.8) is 0 Å². The highest BCUT2D eigenvalue weighted by atomic mass is 16.2. The van der Waals surface area contributed by atoms with E-state index < -0.39 is 0 Å². The van der Waals surface area contributed by atoms with Crippen molar-refractivity contribution in [1.29, 1.82) is 0 Å². The Hall–Kier alpha value is -2.18. The van der Waals surface area contributed by atoms with E-state index in [0.717, 1.165) is 56.2 Å². The van der Waals surface area contributed by atoms with Crippen molar-refractivity contribution in [2.24, 2.45) is 13.0 Å². The Bertz CT molecular complexity index is 759. The van der Waals surface area contributed by atoms with E-state index in [4.69, 9.17) is 0 Å². The third-order valence-electron chi connectivity index (χ3n) is 5.79. The van der Waals surface area contributed by atoms with Crippen LogP contribution in [0.25, 0.3) is 0 Å². The van der Waals surface area contributed by atoms with Crippen LogP contribution in [0.3, 0.4) is 0 Å². The van der Waals surface area contributed by atoms with E-state index in [1.54, 1.807) is 6.20 Å². The molecule has 1 amide bonds. The molecule has 0 bridgehead atoms. The Kier molecular flexibility index (Phi) is 4.31. The third-order valence-corrected chi connectivity index (χ3v) is 5.79. The van der Waals surface area contributed by atoms with Gasteiger partial charge in [0.25, 0.3) is 0 Å². The van der Waals surface area contributed by atoms with Crippen LogP contribution in [0.5, 0.6) is 0 Å². The van der Waals surface area contributed by atoms with Crippen molar-refractivity contribution in [3.8, 4) is 0 Å². The molecule has 1 aliphatic carbocycles. The van der Waals surface area contributed by atoms with Gasteiger partial charge in [-0.25, -0.2) is 4.98 Å². The summed E-state index contributed by atoms with van der Waals surface area (Å²) in [7, 11) is 2.03. The van der Waals surface area contributed by atoms with E-state index in [1.807, 2.05) is 20.2 Å². The van der Waals surface area contributed by atoms with Gasteiger partial charge in [-0.3, -0.25) is 4.79 Å². The molecule has 1 aliphatic heterocycles. The summed E-state index contributed by atoms with van der Waals surface area (Å²) >= 11 is 0. The van der Waals surface area contributed by atoms with Gasteiger partial charge in [0, 0.05) is 44.4 Å². The highest BCUT2D eigenvalue weighted by molar-refractivity contribution is 5.79. The number of carbonyl (C=O) groups is 1. The van der Waals surface area contributed by atoms with Crippen LogP contribution in [0, 0.1) is 12.8 Å². The quantitative estimate of drug-likeness (QED) is 0.851. The molecule has 2 fully saturated rings. The van der Waals surface area contributed by atoms with E-state index in [2.05, 4.69) is 29.2 Å². The van der Waals surface area contributed by atoms with Gasteiger partial charge >= 0.3 is 0 Å². The number of rotatable bonds is 4. The van der Waals surface area contributed by atoms with Crippen LogP contribution in [0.15, 0.2) is 12.4 Å². The molecule has 7 heteroatoms. The molecule has 1 atom stereocenters. The molecule has 7 nitrogen and oxygen atoms in total. The first-order chi connectivity index (χ1) is 12.1. The van der Waals surface area contributed by atoms with E-state index in [-0.39, 0.29) is 11.8 Å². The number of amides is 1. The maximum atomic E-state index is 12.6. The van der Waals surface area contributed by atoms with Crippen LogP contribution in [-0.2, 0) is 18.4 Å². The molecule has 134 valence electrons. The van der Waals surface area contributed by atoms with Crippen molar-refractivity contribution in [2.75, 3.05) is 13.1 Å². The minimum atomic E-state index is 0.276. The Morgan fingerprint density at radius 1 is 1.24 bits per heavy atom. The summed E-state index contributed by atoms with van der Waals surface area (Å²) in [6, 6.07) is 0. The van der Waals surface area contributed by atoms with E-state index in [0.29, 0.717) is 12.5 Å². The van der Waals surface area contributed by atoms with Gasteiger partial charge in [-0.1, -0.05) is 6.42 Å². The number of likely N-dealkylation sites (tertiary alicyclic amines) is 1. The summed E-state index contributed by atoms with van der Waals surface area (Å²) in [6.07, 6.45) is 9.22. The predicted octanol–water partition coefficient (Wildman–Crippen LogP) is 1.87. The fraction of sp³-hybridized carbons (Fsp3) is 0.667. The van der Waals surface area contributed by atoms with Crippen LogP contribution < -0.4 is 0 Å². The Balaban J connectivity index is 1.47. The Labute approximate surface area is 148 Å². The van der Waals surface area contributed by atoms with Crippen LogP contribution >= 0.6 is 0 Å². The lowest BCUT2D eigenvalue weighted by atomic mass is 9.83. The van der Waals surface area contributed by atoms with Gasteiger partial charge in [0.2, 0.25) is 5.91 Å². The van der Waals surface area contributed by atoms with E-state index in [9.17, 15) is 4.79 Å². The van der Waals surface area contributed by atoms with Gasteiger partial charge in [0.05, 0.1) is 6.54 Å². The molecule has 4 rings (SSSR count). The van der Waals surface area contributed by atoms with Crippen LogP contribution in [-0.4, -0.2) is 48.2 Å². The van der Waals surface area contributed by atoms with Crippen molar-refractivity contribution < 1.29 is 4.79 Å². The normalized spacial score (nSPS) is 21.4. The van der Waals surface area contributed by atoms with E-state index >= 15 is 0 Å². The third kappa shape index (κ3) is 3.07. The maximum Gasteiger partial charge on any atom is 0.225 e. The van der Waals surface area contributed by atoms with Crippen molar-refractivity contribution in [2.45, 2.75) is 51.5 Å². The standard InChI is InChI=1S/C18H26N6O/c1-13-19-8-10-23(13)12-16-20-21-17(22(16)2)15-7-4-9-24(11-15)18(25)14-5-3-6-14/h8,10,14-15H,3-7,9,11-12H2,1-2H3. The van der Waals surface area contributed by atoms with Crippen LogP contribution in [0.1, 0.15) is 55.5 Å². The molecular weight excluding hydrogens is 316 g/mol. The first-order valence-corrected chi connectivity index (χ1v) is 9.28. The number of hydrogen-bond acceptors (Lipinski definition) is 4. The molecule has 2 aromatic heterocycles. The van der Waals surface area contributed by atoms with Gasteiger partial charge in [0.1, 0.15) is 11.6 Å². The summed E-state index contributed by atoms with van der Waals surface area (Å²) in [5.41, 5.74) is 0. The number of aryl methyl sites for hydroxylation is 1. The zero-order chi connectivity index (χ0) is 17.4. The lowest BCUT2D eigenvalue weighted by Gasteiger charge is -2.36. The molecule has 2 aliphatic rings. The average Bonchev–Trinajstić information content (AvgIpc) is 3.13. The minimum Gasteiger partial charge on any atom is -0.342 e. The fourth-order valence-electron chi connectivity index (χ4n) is 3.89. The van der Waals surface area contributed by atoms with Gasteiger partial charge in [-0.15, -0.1) is 10.2 Å². The second-order valence-electron chi connectivity index (χ2n) is 7.39.